The number of nitrogens with one attached hydrogen (secondary N) is 2. The molecule has 2 rings (SSSR count). The lowest BCUT2D eigenvalue weighted by molar-refractivity contribution is -0.116. The molecule has 3 N–H and O–H groups in total. The Hall–Kier alpha value is -1.07. The van der Waals surface area contributed by atoms with Crippen LogP contribution in [0.25, 0.3) is 0 Å². The molecule has 1 amide bonds. The van der Waals surface area contributed by atoms with Gasteiger partial charge >= 0.3 is 0 Å². The van der Waals surface area contributed by atoms with Crippen molar-refractivity contribution in [3.63, 3.8) is 0 Å². The molecule has 0 aliphatic carbocycles. The molecule has 0 aromatic heterocycles. The van der Waals surface area contributed by atoms with Gasteiger partial charge in [0.1, 0.15) is 0 Å². The summed E-state index contributed by atoms with van der Waals surface area (Å²) in [5.41, 5.74) is 0.459. The number of rotatable bonds is 4. The monoisotopic (exact) mass is 326 g/mol. The van der Waals surface area contributed by atoms with Crippen LogP contribution in [0.4, 0.5) is 5.69 Å². The number of hydrogen-bond donors (Lipinski definition) is 3. The Kier molecular flexibility index (Phi) is 5.22. The quantitative estimate of drug-likeness (QED) is 0.745. The molecule has 0 radical (unpaired) electrons. The number of benzene rings is 1. The Balaban J connectivity index is 1.82. The van der Waals surface area contributed by atoms with Crippen LogP contribution in [-0.4, -0.2) is 24.1 Å². The Morgan fingerprint density at radius 3 is 3.11 bits per heavy atom. The molecule has 0 saturated carbocycles. The van der Waals surface area contributed by atoms with Crippen LogP contribution in [0.2, 0.25) is 0 Å². The molecule has 1 aromatic rings. The minimum atomic E-state index is -0.0426. The number of phenols is 1. The van der Waals surface area contributed by atoms with Gasteiger partial charge in [-0.15, -0.1) is 0 Å². The highest BCUT2D eigenvalue weighted by Gasteiger charge is 2.15. The Morgan fingerprint density at radius 2 is 2.37 bits per heavy atom. The SMILES string of the molecule is O=C(CCC1CCCNC1)Nc1cccc(Br)c1O. The molecule has 1 atom stereocenters. The third-order valence-corrected chi connectivity index (χ3v) is 4.08. The largest absolute Gasteiger partial charge is 0.505 e. The standard InChI is InChI=1S/C14H19BrN2O2/c15-11-4-1-5-12(14(11)19)17-13(18)7-6-10-3-2-8-16-9-10/h1,4-5,10,16,19H,2-3,6-9H2,(H,17,18). The summed E-state index contributed by atoms with van der Waals surface area (Å²) in [5.74, 6) is 0.629. The van der Waals surface area contributed by atoms with E-state index in [1.54, 1.807) is 18.2 Å². The van der Waals surface area contributed by atoms with Crippen molar-refractivity contribution in [2.75, 3.05) is 18.4 Å². The van der Waals surface area contributed by atoms with Gasteiger partial charge in [0.25, 0.3) is 0 Å². The fourth-order valence-corrected chi connectivity index (χ4v) is 2.70. The molecule has 1 fully saturated rings. The van der Waals surface area contributed by atoms with E-state index in [9.17, 15) is 9.90 Å². The molecule has 1 saturated heterocycles. The number of anilines is 1. The van der Waals surface area contributed by atoms with E-state index in [2.05, 4.69) is 26.6 Å². The first-order chi connectivity index (χ1) is 9.16. The number of phenolic OH excluding ortho intramolecular Hbond substituents is 1. The summed E-state index contributed by atoms with van der Waals surface area (Å²) in [6.07, 6.45) is 3.78. The normalized spacial score (nSPS) is 19.1. The number of amides is 1. The molecule has 1 aliphatic heterocycles. The van der Waals surface area contributed by atoms with Gasteiger partial charge in [-0.25, -0.2) is 0 Å². The van der Waals surface area contributed by atoms with Gasteiger partial charge in [-0.1, -0.05) is 6.07 Å². The van der Waals surface area contributed by atoms with Gasteiger partial charge in [0.2, 0.25) is 5.91 Å². The predicted molar refractivity (Wildman–Crippen MR) is 79.3 cm³/mol. The lowest BCUT2D eigenvalue weighted by Gasteiger charge is -2.22. The molecule has 4 nitrogen and oxygen atoms in total. The summed E-state index contributed by atoms with van der Waals surface area (Å²) in [4.78, 5) is 11.9. The van der Waals surface area contributed by atoms with Gasteiger partial charge in [-0.3, -0.25) is 4.79 Å². The van der Waals surface area contributed by atoms with Crippen molar-refractivity contribution in [2.45, 2.75) is 25.7 Å². The molecule has 19 heavy (non-hydrogen) atoms. The van der Waals surface area contributed by atoms with E-state index in [0.717, 1.165) is 19.5 Å². The maximum Gasteiger partial charge on any atom is 0.224 e. The van der Waals surface area contributed by atoms with Crippen LogP contribution in [0.15, 0.2) is 22.7 Å². The Morgan fingerprint density at radius 1 is 1.53 bits per heavy atom. The summed E-state index contributed by atoms with van der Waals surface area (Å²) in [7, 11) is 0. The van der Waals surface area contributed by atoms with Crippen LogP contribution in [0.3, 0.4) is 0 Å². The van der Waals surface area contributed by atoms with Gasteiger partial charge in [0.05, 0.1) is 10.2 Å². The van der Waals surface area contributed by atoms with Gasteiger partial charge in [-0.2, -0.15) is 0 Å². The minimum absolute atomic E-state index is 0.0426. The van der Waals surface area contributed by atoms with Gasteiger partial charge in [0, 0.05) is 6.42 Å². The lowest BCUT2D eigenvalue weighted by Crippen LogP contribution is -2.30. The second-order valence-electron chi connectivity index (χ2n) is 4.94. The molecule has 1 heterocycles. The molecular weight excluding hydrogens is 308 g/mol. The first-order valence-corrected chi connectivity index (χ1v) is 7.44. The second kappa shape index (κ2) is 6.91. The average Bonchev–Trinajstić information content (AvgIpc) is 2.43. The highest BCUT2D eigenvalue weighted by atomic mass is 79.9. The van der Waals surface area contributed by atoms with Gasteiger partial charge in [-0.05, 0) is 66.3 Å². The molecule has 1 aliphatic rings. The van der Waals surface area contributed by atoms with Crippen LogP contribution < -0.4 is 10.6 Å². The van der Waals surface area contributed by atoms with E-state index >= 15 is 0 Å². The van der Waals surface area contributed by atoms with Crippen molar-refractivity contribution in [1.29, 1.82) is 0 Å². The summed E-state index contributed by atoms with van der Waals surface area (Å²) in [6, 6.07) is 5.21. The van der Waals surface area contributed by atoms with Crippen LogP contribution >= 0.6 is 15.9 Å². The molecule has 1 unspecified atom stereocenters. The van der Waals surface area contributed by atoms with E-state index in [1.165, 1.54) is 12.8 Å². The van der Waals surface area contributed by atoms with Crippen molar-refractivity contribution >= 4 is 27.5 Å². The van der Waals surface area contributed by atoms with Crippen LogP contribution in [0, 0.1) is 5.92 Å². The van der Waals surface area contributed by atoms with E-state index < -0.39 is 0 Å². The van der Waals surface area contributed by atoms with E-state index in [1.807, 2.05) is 0 Å². The second-order valence-corrected chi connectivity index (χ2v) is 5.79. The van der Waals surface area contributed by atoms with E-state index in [4.69, 9.17) is 0 Å². The minimum Gasteiger partial charge on any atom is -0.505 e. The number of halogens is 1. The highest BCUT2D eigenvalue weighted by Crippen LogP contribution is 2.31. The number of piperidine rings is 1. The Labute approximate surface area is 121 Å². The lowest BCUT2D eigenvalue weighted by atomic mass is 9.94. The van der Waals surface area contributed by atoms with Crippen molar-refractivity contribution in [1.82, 2.24) is 5.32 Å². The Bertz CT molecular complexity index is 445. The van der Waals surface area contributed by atoms with E-state index in [-0.39, 0.29) is 11.7 Å². The van der Waals surface area contributed by atoms with Crippen LogP contribution in [0.1, 0.15) is 25.7 Å². The fraction of sp³-hybridized carbons (Fsp3) is 0.500. The molecule has 0 spiro atoms. The highest BCUT2D eigenvalue weighted by molar-refractivity contribution is 9.10. The maximum atomic E-state index is 11.9. The van der Waals surface area contributed by atoms with Crippen LogP contribution in [-0.2, 0) is 4.79 Å². The molecule has 104 valence electrons. The molecular formula is C14H19BrN2O2. The summed E-state index contributed by atoms with van der Waals surface area (Å²) in [5, 5.41) is 15.9. The van der Waals surface area contributed by atoms with Crippen molar-refractivity contribution in [3.8, 4) is 5.75 Å². The number of para-hydroxylation sites is 1. The molecule has 1 aromatic carbocycles. The van der Waals surface area contributed by atoms with Crippen molar-refractivity contribution < 1.29 is 9.90 Å². The number of carbonyl (C=O) groups excluding carboxylic acids is 1. The third-order valence-electron chi connectivity index (χ3n) is 3.44. The fourth-order valence-electron chi connectivity index (χ4n) is 2.33. The zero-order valence-corrected chi connectivity index (χ0v) is 12.4. The molecule has 0 bridgehead atoms. The number of carbonyl (C=O) groups is 1. The van der Waals surface area contributed by atoms with Crippen molar-refractivity contribution in [2.24, 2.45) is 5.92 Å². The summed E-state index contributed by atoms with van der Waals surface area (Å²) in [6.45, 7) is 2.10. The van der Waals surface area contributed by atoms with Gasteiger partial charge in [0.15, 0.2) is 5.75 Å². The smallest absolute Gasteiger partial charge is 0.224 e. The first kappa shape index (κ1) is 14.3. The molecule has 5 heteroatoms. The third kappa shape index (κ3) is 4.21. The van der Waals surface area contributed by atoms with Crippen molar-refractivity contribution in [3.05, 3.63) is 22.7 Å². The van der Waals surface area contributed by atoms with E-state index in [0.29, 0.717) is 22.5 Å². The van der Waals surface area contributed by atoms with Gasteiger partial charge < -0.3 is 15.7 Å². The topological polar surface area (TPSA) is 61.4 Å². The zero-order valence-electron chi connectivity index (χ0n) is 10.8. The zero-order chi connectivity index (χ0) is 13.7. The maximum absolute atomic E-state index is 11.9. The first-order valence-electron chi connectivity index (χ1n) is 6.65. The summed E-state index contributed by atoms with van der Waals surface area (Å²) >= 11 is 3.23. The predicted octanol–water partition coefficient (Wildman–Crippen LogP) is 2.87. The summed E-state index contributed by atoms with van der Waals surface area (Å²) < 4.78 is 0.585. The number of hydrogen-bond acceptors (Lipinski definition) is 3. The van der Waals surface area contributed by atoms with Crippen LogP contribution in [0.5, 0.6) is 5.75 Å². The average molecular weight is 327 g/mol. The number of aromatic hydroxyl groups is 1.